The Labute approximate surface area is 481 Å². The molecule has 77 heavy (non-hydrogen) atoms. The normalized spacial score (nSPS) is 12.6. The van der Waals surface area contributed by atoms with E-state index in [0.29, 0.717) is 25.9 Å². The SMILES string of the molecule is CCCCC/C=C\C/C=C\CCCCCCCC(=O)OCCCCCCCCCCCCCCCCCCCCCCCCCCCCCCCCCCCCCC(=O)NC(CO)C(O)CCCCCCCCCCCC. The van der Waals surface area contributed by atoms with E-state index in [1.807, 2.05) is 0 Å². The molecule has 0 saturated carbocycles. The van der Waals surface area contributed by atoms with Crippen LogP contribution in [-0.4, -0.2) is 47.4 Å². The van der Waals surface area contributed by atoms with E-state index in [0.717, 1.165) is 51.4 Å². The summed E-state index contributed by atoms with van der Waals surface area (Å²) in [4.78, 5) is 24.5. The molecule has 0 aliphatic heterocycles. The van der Waals surface area contributed by atoms with Crippen LogP contribution in [0.2, 0.25) is 0 Å². The zero-order chi connectivity index (χ0) is 55.7. The minimum Gasteiger partial charge on any atom is -0.466 e. The molecule has 0 spiro atoms. The molecule has 0 aromatic rings. The van der Waals surface area contributed by atoms with Crippen LogP contribution in [-0.2, 0) is 14.3 Å². The first-order valence-electron chi connectivity index (χ1n) is 35.1. The third-order valence-corrected chi connectivity index (χ3v) is 16.5. The molecule has 0 fully saturated rings. The highest BCUT2D eigenvalue weighted by molar-refractivity contribution is 5.76. The van der Waals surface area contributed by atoms with Crippen molar-refractivity contribution in [3.63, 3.8) is 0 Å². The zero-order valence-corrected chi connectivity index (χ0v) is 52.2. The number of hydrogen-bond acceptors (Lipinski definition) is 5. The van der Waals surface area contributed by atoms with Crippen molar-refractivity contribution in [2.45, 2.75) is 405 Å². The van der Waals surface area contributed by atoms with Gasteiger partial charge in [0.15, 0.2) is 0 Å². The van der Waals surface area contributed by atoms with E-state index in [2.05, 4.69) is 43.5 Å². The Bertz CT molecular complexity index is 1200. The molecular formula is C71H137NO5. The van der Waals surface area contributed by atoms with Crippen molar-refractivity contribution in [2.75, 3.05) is 13.2 Å². The minimum absolute atomic E-state index is 0.00892. The standard InChI is InChI=1S/C71H137NO5/c1-3-5-7-9-11-13-15-16-38-42-45-49-53-57-61-65-71(76)77-66-62-58-54-50-46-43-40-37-35-33-31-29-27-25-23-21-19-17-18-20-22-24-26-28-30-32-34-36-39-41-44-48-52-56-60-64-70(75)72-68(67-73)69(74)63-59-55-51-47-14-12-10-8-6-4-2/h11,13,16,38,68-69,73-74H,3-10,12,14-15,17-37,39-67H2,1-2H3,(H,72,75)/b13-11-,38-16-. The molecule has 0 aliphatic rings. The molecule has 1 amide bonds. The van der Waals surface area contributed by atoms with E-state index < -0.39 is 12.1 Å². The summed E-state index contributed by atoms with van der Waals surface area (Å²) in [7, 11) is 0. The molecule has 3 N–H and O–H groups in total. The summed E-state index contributed by atoms with van der Waals surface area (Å²) in [6.45, 7) is 4.93. The highest BCUT2D eigenvalue weighted by Gasteiger charge is 2.20. The van der Waals surface area contributed by atoms with Gasteiger partial charge in [-0.15, -0.1) is 0 Å². The third-order valence-electron chi connectivity index (χ3n) is 16.5. The van der Waals surface area contributed by atoms with E-state index in [1.165, 1.54) is 308 Å². The number of amides is 1. The predicted octanol–water partition coefficient (Wildman–Crippen LogP) is 22.5. The molecule has 0 saturated heterocycles. The number of unbranched alkanes of at least 4 members (excludes halogenated alkanes) is 51. The van der Waals surface area contributed by atoms with E-state index in [-0.39, 0.29) is 18.5 Å². The lowest BCUT2D eigenvalue weighted by atomic mass is 10.0. The second-order valence-corrected chi connectivity index (χ2v) is 24.2. The van der Waals surface area contributed by atoms with Gasteiger partial charge in [-0.3, -0.25) is 9.59 Å². The lowest BCUT2D eigenvalue weighted by Gasteiger charge is -2.22. The summed E-state index contributed by atoms with van der Waals surface area (Å²) in [5.41, 5.74) is 0. The van der Waals surface area contributed by atoms with Crippen molar-refractivity contribution in [1.82, 2.24) is 5.32 Å². The number of ether oxygens (including phenoxy) is 1. The number of rotatable bonds is 66. The average Bonchev–Trinajstić information content (AvgIpc) is 3.43. The summed E-state index contributed by atoms with van der Waals surface area (Å²) in [6.07, 6.45) is 83.9. The van der Waals surface area contributed by atoms with Crippen LogP contribution in [0.5, 0.6) is 0 Å². The van der Waals surface area contributed by atoms with Gasteiger partial charge in [0.05, 0.1) is 25.4 Å². The van der Waals surface area contributed by atoms with Crippen LogP contribution in [0.1, 0.15) is 393 Å². The van der Waals surface area contributed by atoms with Crippen molar-refractivity contribution in [3.8, 4) is 0 Å². The van der Waals surface area contributed by atoms with E-state index in [1.54, 1.807) is 0 Å². The first-order valence-corrected chi connectivity index (χ1v) is 35.1. The largest absolute Gasteiger partial charge is 0.466 e. The third kappa shape index (κ3) is 63.4. The van der Waals surface area contributed by atoms with Gasteiger partial charge in [-0.1, -0.05) is 346 Å². The van der Waals surface area contributed by atoms with Crippen LogP contribution in [0.15, 0.2) is 24.3 Å². The van der Waals surface area contributed by atoms with E-state index in [9.17, 15) is 19.8 Å². The van der Waals surface area contributed by atoms with Crippen LogP contribution in [0, 0.1) is 0 Å². The monoisotopic (exact) mass is 1080 g/mol. The number of aliphatic hydroxyl groups excluding tert-OH is 2. The highest BCUT2D eigenvalue weighted by atomic mass is 16.5. The van der Waals surface area contributed by atoms with Gasteiger partial charge in [-0.2, -0.15) is 0 Å². The van der Waals surface area contributed by atoms with Gasteiger partial charge >= 0.3 is 5.97 Å². The number of carbonyl (C=O) groups is 2. The topological polar surface area (TPSA) is 95.9 Å². The Balaban J connectivity index is 3.28. The molecule has 0 radical (unpaired) electrons. The van der Waals surface area contributed by atoms with Gasteiger partial charge in [0.1, 0.15) is 0 Å². The molecule has 0 aromatic heterocycles. The minimum atomic E-state index is -0.658. The fourth-order valence-corrected chi connectivity index (χ4v) is 11.1. The van der Waals surface area contributed by atoms with Crippen LogP contribution in [0.3, 0.4) is 0 Å². The van der Waals surface area contributed by atoms with Gasteiger partial charge in [-0.05, 0) is 57.8 Å². The molecule has 2 unspecified atom stereocenters. The summed E-state index contributed by atoms with van der Waals surface area (Å²) < 4.78 is 5.49. The lowest BCUT2D eigenvalue weighted by molar-refractivity contribution is -0.143. The number of hydrogen-bond donors (Lipinski definition) is 3. The maximum Gasteiger partial charge on any atom is 0.305 e. The number of carbonyl (C=O) groups excluding carboxylic acids is 2. The molecule has 2 atom stereocenters. The maximum absolute atomic E-state index is 12.4. The Morgan fingerprint density at radius 1 is 0.364 bits per heavy atom. The maximum atomic E-state index is 12.4. The number of esters is 1. The zero-order valence-electron chi connectivity index (χ0n) is 52.2. The van der Waals surface area contributed by atoms with Gasteiger partial charge in [0.2, 0.25) is 5.91 Å². The number of allylic oxidation sites excluding steroid dienone is 4. The highest BCUT2D eigenvalue weighted by Crippen LogP contribution is 2.19. The van der Waals surface area contributed by atoms with Gasteiger partial charge < -0.3 is 20.3 Å². The Kier molecular flexibility index (Phi) is 65.4. The molecule has 0 aliphatic carbocycles. The second-order valence-electron chi connectivity index (χ2n) is 24.2. The molecule has 6 heteroatoms. The van der Waals surface area contributed by atoms with Crippen LogP contribution in [0.25, 0.3) is 0 Å². The van der Waals surface area contributed by atoms with Crippen molar-refractivity contribution in [2.24, 2.45) is 0 Å². The van der Waals surface area contributed by atoms with Gasteiger partial charge in [-0.25, -0.2) is 0 Å². The fourth-order valence-electron chi connectivity index (χ4n) is 11.1. The molecule has 6 nitrogen and oxygen atoms in total. The fraction of sp³-hybridized carbons (Fsp3) is 0.915. The van der Waals surface area contributed by atoms with E-state index in [4.69, 9.17) is 4.74 Å². The Morgan fingerprint density at radius 3 is 1.01 bits per heavy atom. The number of aliphatic hydroxyl groups is 2. The van der Waals surface area contributed by atoms with Crippen molar-refractivity contribution in [3.05, 3.63) is 24.3 Å². The average molecular weight is 1080 g/mol. The van der Waals surface area contributed by atoms with Gasteiger partial charge in [0, 0.05) is 12.8 Å². The Hall–Kier alpha value is -1.66. The first kappa shape index (κ1) is 75.3. The van der Waals surface area contributed by atoms with E-state index >= 15 is 0 Å². The molecule has 0 bridgehead atoms. The molecule has 456 valence electrons. The van der Waals surface area contributed by atoms with Crippen LogP contribution < -0.4 is 5.32 Å². The number of nitrogens with one attached hydrogen (secondary N) is 1. The quantitative estimate of drug-likeness (QED) is 0.0320. The lowest BCUT2D eigenvalue weighted by Crippen LogP contribution is -2.45. The van der Waals surface area contributed by atoms with Crippen molar-refractivity contribution < 1.29 is 24.5 Å². The smallest absolute Gasteiger partial charge is 0.305 e. The summed E-state index contributed by atoms with van der Waals surface area (Å²) >= 11 is 0. The Morgan fingerprint density at radius 2 is 0.649 bits per heavy atom. The van der Waals surface area contributed by atoms with Gasteiger partial charge in [0.25, 0.3) is 0 Å². The van der Waals surface area contributed by atoms with Crippen LogP contribution in [0.4, 0.5) is 0 Å². The summed E-state index contributed by atoms with van der Waals surface area (Å²) in [5, 5.41) is 23.2. The summed E-state index contributed by atoms with van der Waals surface area (Å²) in [5.74, 6) is -0.0206. The predicted molar refractivity (Wildman–Crippen MR) is 338 cm³/mol. The molecule has 0 heterocycles. The second kappa shape index (κ2) is 66.8. The molecule has 0 aromatic carbocycles. The van der Waals surface area contributed by atoms with Crippen molar-refractivity contribution >= 4 is 11.9 Å². The summed E-state index contributed by atoms with van der Waals surface area (Å²) in [6, 6.07) is -0.535. The van der Waals surface area contributed by atoms with Crippen LogP contribution >= 0.6 is 0 Å². The van der Waals surface area contributed by atoms with Crippen molar-refractivity contribution in [1.29, 1.82) is 0 Å². The molecular weight excluding hydrogens is 947 g/mol. The molecule has 0 rings (SSSR count). The first-order chi connectivity index (χ1) is 38.0.